The molecule has 1 aliphatic carbocycles. The van der Waals surface area contributed by atoms with Gasteiger partial charge in [-0.15, -0.1) is 0 Å². The van der Waals surface area contributed by atoms with E-state index >= 15 is 0 Å². The number of hydrogen-bond acceptors (Lipinski definition) is 4. The van der Waals surface area contributed by atoms with Crippen molar-refractivity contribution in [3.05, 3.63) is 46.3 Å². The lowest BCUT2D eigenvalue weighted by Crippen LogP contribution is -2.22. The molecule has 2 aromatic rings. The maximum absolute atomic E-state index is 12.1. The normalized spacial score (nSPS) is 13.2. The number of aromatic nitrogens is 2. The van der Waals surface area contributed by atoms with E-state index < -0.39 is 5.97 Å². The van der Waals surface area contributed by atoms with E-state index in [1.165, 1.54) is 24.0 Å². The SMILES string of the molecule is Cc1nn(C)c(C)c1NC(=O)COC(=O)Cc1ccc2c(c1)CCCC2. The van der Waals surface area contributed by atoms with E-state index in [4.69, 9.17) is 4.74 Å². The van der Waals surface area contributed by atoms with Gasteiger partial charge >= 0.3 is 5.97 Å². The Balaban J connectivity index is 1.51. The van der Waals surface area contributed by atoms with Gasteiger partial charge in [-0.2, -0.15) is 5.10 Å². The number of rotatable bonds is 5. The van der Waals surface area contributed by atoms with Crippen LogP contribution >= 0.6 is 0 Å². The van der Waals surface area contributed by atoms with Crippen molar-refractivity contribution < 1.29 is 14.3 Å². The first-order valence-electron chi connectivity index (χ1n) is 9.00. The predicted molar refractivity (Wildman–Crippen MR) is 99.1 cm³/mol. The Morgan fingerprint density at radius 3 is 2.62 bits per heavy atom. The van der Waals surface area contributed by atoms with Crippen molar-refractivity contribution >= 4 is 17.6 Å². The summed E-state index contributed by atoms with van der Waals surface area (Å²) in [5.74, 6) is -0.751. The lowest BCUT2D eigenvalue weighted by atomic mass is 9.90. The summed E-state index contributed by atoms with van der Waals surface area (Å²) in [5, 5.41) is 7.00. The van der Waals surface area contributed by atoms with Crippen molar-refractivity contribution in [2.45, 2.75) is 46.0 Å². The van der Waals surface area contributed by atoms with E-state index in [1.54, 1.807) is 4.68 Å². The number of aryl methyl sites for hydroxylation is 4. The molecule has 3 rings (SSSR count). The number of carbonyl (C=O) groups excluding carboxylic acids is 2. The van der Waals surface area contributed by atoms with Crippen molar-refractivity contribution in [2.75, 3.05) is 11.9 Å². The van der Waals surface area contributed by atoms with Crippen molar-refractivity contribution in [1.82, 2.24) is 9.78 Å². The molecule has 1 amide bonds. The zero-order chi connectivity index (χ0) is 18.7. The Hall–Kier alpha value is -2.63. The number of fused-ring (bicyclic) bond motifs is 1. The summed E-state index contributed by atoms with van der Waals surface area (Å²) < 4.78 is 6.83. The number of hydrogen-bond donors (Lipinski definition) is 1. The molecule has 0 radical (unpaired) electrons. The first-order valence-corrected chi connectivity index (χ1v) is 9.00. The minimum Gasteiger partial charge on any atom is -0.455 e. The third-order valence-corrected chi connectivity index (χ3v) is 4.90. The highest BCUT2D eigenvalue weighted by Crippen LogP contribution is 2.22. The van der Waals surface area contributed by atoms with Crippen LogP contribution in [0.4, 0.5) is 5.69 Å². The van der Waals surface area contributed by atoms with Crippen LogP contribution < -0.4 is 5.32 Å². The number of nitrogens with one attached hydrogen (secondary N) is 1. The zero-order valence-electron chi connectivity index (χ0n) is 15.6. The quantitative estimate of drug-likeness (QED) is 0.837. The van der Waals surface area contributed by atoms with Gasteiger partial charge in [-0.3, -0.25) is 14.3 Å². The summed E-state index contributed by atoms with van der Waals surface area (Å²) in [6.45, 7) is 3.40. The molecule has 6 heteroatoms. The molecule has 26 heavy (non-hydrogen) atoms. The standard InChI is InChI=1S/C20H25N3O3/c1-13-20(14(2)23(3)22-13)21-18(24)12-26-19(25)11-15-8-9-16-6-4-5-7-17(16)10-15/h8-10H,4-7,11-12H2,1-3H3,(H,21,24). The third kappa shape index (κ3) is 4.12. The monoisotopic (exact) mass is 355 g/mol. The lowest BCUT2D eigenvalue weighted by Gasteiger charge is -2.16. The second kappa shape index (κ2) is 7.72. The fraction of sp³-hybridized carbons (Fsp3) is 0.450. The van der Waals surface area contributed by atoms with Crippen LogP contribution in [-0.4, -0.2) is 28.3 Å². The summed E-state index contributed by atoms with van der Waals surface area (Å²) in [5.41, 5.74) is 5.92. The van der Waals surface area contributed by atoms with E-state index in [0.29, 0.717) is 5.69 Å². The fourth-order valence-electron chi connectivity index (χ4n) is 3.39. The molecule has 1 aliphatic rings. The molecule has 1 aromatic carbocycles. The van der Waals surface area contributed by atoms with Gasteiger partial charge in [0.25, 0.3) is 5.91 Å². The highest BCUT2D eigenvalue weighted by atomic mass is 16.5. The highest BCUT2D eigenvalue weighted by Gasteiger charge is 2.15. The Kier molecular flexibility index (Phi) is 5.40. The number of amides is 1. The molecule has 0 aliphatic heterocycles. The molecule has 0 fully saturated rings. The predicted octanol–water partition coefficient (Wildman–Crippen LogP) is 2.64. The Morgan fingerprint density at radius 1 is 1.19 bits per heavy atom. The van der Waals surface area contributed by atoms with Crippen LogP contribution in [0.5, 0.6) is 0 Å². The zero-order valence-corrected chi connectivity index (χ0v) is 15.6. The van der Waals surface area contributed by atoms with E-state index in [9.17, 15) is 9.59 Å². The summed E-state index contributed by atoms with van der Waals surface area (Å²) in [7, 11) is 1.82. The second-order valence-corrected chi connectivity index (χ2v) is 6.87. The van der Waals surface area contributed by atoms with Gasteiger partial charge in [-0.25, -0.2) is 0 Å². The van der Waals surface area contributed by atoms with E-state index in [0.717, 1.165) is 29.8 Å². The highest BCUT2D eigenvalue weighted by molar-refractivity contribution is 5.93. The number of benzene rings is 1. The summed E-state index contributed by atoms with van der Waals surface area (Å²) in [4.78, 5) is 24.1. The van der Waals surface area contributed by atoms with Crippen LogP contribution in [0.15, 0.2) is 18.2 Å². The second-order valence-electron chi connectivity index (χ2n) is 6.87. The van der Waals surface area contributed by atoms with Crippen molar-refractivity contribution in [3.8, 4) is 0 Å². The van der Waals surface area contributed by atoms with Crippen LogP contribution in [0.3, 0.4) is 0 Å². The van der Waals surface area contributed by atoms with Gasteiger partial charge in [0.15, 0.2) is 6.61 Å². The molecule has 0 saturated heterocycles. The maximum atomic E-state index is 12.1. The van der Waals surface area contributed by atoms with Gasteiger partial charge < -0.3 is 10.1 Å². The van der Waals surface area contributed by atoms with Gasteiger partial charge in [0, 0.05) is 7.05 Å². The molecule has 1 heterocycles. The molecule has 0 atom stereocenters. The van der Waals surface area contributed by atoms with Gasteiger partial charge in [0.2, 0.25) is 0 Å². The first kappa shape index (κ1) is 18.2. The van der Waals surface area contributed by atoms with Crippen molar-refractivity contribution in [3.63, 3.8) is 0 Å². The number of carbonyl (C=O) groups is 2. The molecule has 0 saturated carbocycles. The fourth-order valence-corrected chi connectivity index (χ4v) is 3.39. The van der Waals surface area contributed by atoms with Crippen LogP contribution in [0.25, 0.3) is 0 Å². The van der Waals surface area contributed by atoms with Gasteiger partial charge in [0.1, 0.15) is 0 Å². The number of esters is 1. The molecule has 1 N–H and O–H groups in total. The number of nitrogens with zero attached hydrogens (tertiary/aromatic N) is 2. The van der Waals surface area contributed by atoms with Crippen molar-refractivity contribution in [1.29, 1.82) is 0 Å². The molecule has 1 aromatic heterocycles. The topological polar surface area (TPSA) is 73.2 Å². The molecular formula is C20H25N3O3. The van der Waals surface area contributed by atoms with E-state index in [2.05, 4.69) is 22.5 Å². The minimum absolute atomic E-state index is 0.186. The Bertz CT molecular complexity index is 839. The Morgan fingerprint density at radius 2 is 1.92 bits per heavy atom. The van der Waals surface area contributed by atoms with Crippen LogP contribution in [-0.2, 0) is 40.6 Å². The minimum atomic E-state index is -0.393. The molecule has 0 spiro atoms. The summed E-state index contributed by atoms with van der Waals surface area (Å²) in [6.07, 6.45) is 4.82. The van der Waals surface area contributed by atoms with Crippen LogP contribution in [0.1, 0.15) is 40.9 Å². The third-order valence-electron chi connectivity index (χ3n) is 4.90. The smallest absolute Gasteiger partial charge is 0.310 e. The van der Waals surface area contributed by atoms with Crippen LogP contribution in [0.2, 0.25) is 0 Å². The molecular weight excluding hydrogens is 330 g/mol. The van der Waals surface area contributed by atoms with Crippen molar-refractivity contribution in [2.24, 2.45) is 7.05 Å². The number of ether oxygens (including phenoxy) is 1. The first-order chi connectivity index (χ1) is 12.4. The van der Waals surface area contributed by atoms with Crippen LogP contribution in [0, 0.1) is 13.8 Å². The molecule has 0 bridgehead atoms. The Labute approximate surface area is 153 Å². The molecule has 6 nitrogen and oxygen atoms in total. The van der Waals surface area contributed by atoms with Gasteiger partial charge in [-0.05, 0) is 56.2 Å². The molecule has 138 valence electrons. The van der Waals surface area contributed by atoms with E-state index in [-0.39, 0.29) is 18.9 Å². The van der Waals surface area contributed by atoms with E-state index in [1.807, 2.05) is 27.0 Å². The number of anilines is 1. The largest absolute Gasteiger partial charge is 0.455 e. The maximum Gasteiger partial charge on any atom is 0.310 e. The molecule has 0 unspecified atom stereocenters. The average Bonchev–Trinajstić information content (AvgIpc) is 2.86. The lowest BCUT2D eigenvalue weighted by molar-refractivity contribution is -0.146. The average molecular weight is 355 g/mol. The summed E-state index contributed by atoms with van der Waals surface area (Å²) in [6, 6.07) is 6.18. The van der Waals surface area contributed by atoms with Gasteiger partial charge in [-0.1, -0.05) is 18.2 Å². The summed E-state index contributed by atoms with van der Waals surface area (Å²) >= 11 is 0. The van der Waals surface area contributed by atoms with Gasteiger partial charge in [0.05, 0.1) is 23.5 Å².